The van der Waals surface area contributed by atoms with Crippen LogP contribution in [0, 0.1) is 11.8 Å². The smallest absolute Gasteiger partial charge is 0.0872 e. The van der Waals surface area contributed by atoms with Crippen LogP contribution in [0.3, 0.4) is 0 Å². The summed E-state index contributed by atoms with van der Waals surface area (Å²) in [6.45, 7) is 0. The van der Waals surface area contributed by atoms with Crippen LogP contribution < -0.4 is 0 Å². The van der Waals surface area contributed by atoms with Crippen LogP contribution in [-0.4, -0.2) is 0 Å². The molecule has 0 amide bonds. The zero-order valence-corrected chi connectivity index (χ0v) is 8.60. The summed E-state index contributed by atoms with van der Waals surface area (Å²) in [5, 5.41) is 0. The fourth-order valence-electron chi connectivity index (χ4n) is 3.55. The fourth-order valence-corrected chi connectivity index (χ4v) is 3.55. The summed E-state index contributed by atoms with van der Waals surface area (Å²) in [6, 6.07) is 8.76. The third-order valence-corrected chi connectivity index (χ3v) is 4.21. The number of fused-ring (bicyclic) bond motifs is 8. The maximum atomic E-state index is 6.15. The van der Waals surface area contributed by atoms with E-state index in [1.54, 1.807) is 0 Å². The minimum Gasteiger partial charge on any atom is -0.365 e. The van der Waals surface area contributed by atoms with Crippen molar-refractivity contribution in [3.05, 3.63) is 47.5 Å². The molecule has 0 N–H and O–H groups in total. The van der Waals surface area contributed by atoms with Gasteiger partial charge in [-0.3, -0.25) is 0 Å². The lowest BCUT2D eigenvalue weighted by Crippen LogP contribution is -2.22. The number of hydrogen-bond donors (Lipinski definition) is 0. The normalized spacial score (nSPS) is 40.3. The third-order valence-electron chi connectivity index (χ3n) is 4.21. The van der Waals surface area contributed by atoms with Gasteiger partial charge in [0, 0.05) is 0 Å². The molecular formula is C14H14O. The summed E-state index contributed by atoms with van der Waals surface area (Å²) in [7, 11) is 0. The molecule has 1 nitrogen and oxygen atoms in total. The Morgan fingerprint density at radius 3 is 1.93 bits per heavy atom. The van der Waals surface area contributed by atoms with Crippen molar-refractivity contribution in [1.82, 2.24) is 0 Å². The monoisotopic (exact) mass is 198 g/mol. The van der Waals surface area contributed by atoms with Gasteiger partial charge < -0.3 is 4.74 Å². The molecule has 2 heterocycles. The molecule has 1 aliphatic carbocycles. The Balaban J connectivity index is 1.86. The highest BCUT2D eigenvalue weighted by atomic mass is 16.5. The predicted molar refractivity (Wildman–Crippen MR) is 58.4 cm³/mol. The summed E-state index contributed by atoms with van der Waals surface area (Å²) in [6.07, 6.45) is 7.85. The minimum atomic E-state index is 0.390. The Morgan fingerprint density at radius 1 is 0.867 bits per heavy atom. The second-order valence-corrected chi connectivity index (χ2v) is 4.88. The number of rotatable bonds is 0. The van der Waals surface area contributed by atoms with E-state index in [-0.39, 0.29) is 0 Å². The lowest BCUT2D eigenvalue weighted by Gasteiger charge is -2.30. The Morgan fingerprint density at radius 2 is 1.40 bits per heavy atom. The topological polar surface area (TPSA) is 9.23 Å². The molecule has 1 heteroatoms. The second-order valence-electron chi connectivity index (χ2n) is 4.88. The van der Waals surface area contributed by atoms with Crippen LogP contribution in [0.1, 0.15) is 36.2 Å². The van der Waals surface area contributed by atoms with Crippen molar-refractivity contribution in [3.8, 4) is 0 Å². The van der Waals surface area contributed by atoms with E-state index in [2.05, 4.69) is 36.4 Å². The van der Waals surface area contributed by atoms with Crippen molar-refractivity contribution in [3.63, 3.8) is 0 Å². The highest BCUT2D eigenvalue weighted by Gasteiger charge is 2.51. The van der Waals surface area contributed by atoms with Crippen molar-refractivity contribution >= 4 is 0 Å². The van der Waals surface area contributed by atoms with Crippen LogP contribution in [-0.2, 0) is 4.74 Å². The maximum Gasteiger partial charge on any atom is 0.0872 e. The molecule has 0 aromatic heterocycles. The molecule has 1 aromatic rings. The summed E-state index contributed by atoms with van der Waals surface area (Å²) >= 11 is 0. The third kappa shape index (κ3) is 0.920. The van der Waals surface area contributed by atoms with Crippen molar-refractivity contribution in [2.75, 3.05) is 0 Å². The Hall–Kier alpha value is -1.08. The molecule has 4 unspecified atom stereocenters. The van der Waals surface area contributed by atoms with Crippen LogP contribution in [0.4, 0.5) is 0 Å². The van der Waals surface area contributed by atoms with E-state index in [0.29, 0.717) is 12.2 Å². The Labute approximate surface area is 89.8 Å². The van der Waals surface area contributed by atoms with Crippen LogP contribution in [0.15, 0.2) is 36.4 Å². The SMILES string of the molecule is C1=CCC2C3OC(c4ccccc43)C2C1. The number of ether oxygens (including phenoxy) is 1. The molecule has 15 heavy (non-hydrogen) atoms. The molecule has 76 valence electrons. The highest BCUT2D eigenvalue weighted by molar-refractivity contribution is 5.39. The molecule has 1 fully saturated rings. The van der Waals surface area contributed by atoms with Crippen LogP contribution in [0.25, 0.3) is 0 Å². The van der Waals surface area contributed by atoms with Crippen LogP contribution in [0.5, 0.6) is 0 Å². The molecule has 1 saturated heterocycles. The fraction of sp³-hybridized carbons (Fsp3) is 0.429. The number of hydrogen-bond acceptors (Lipinski definition) is 1. The predicted octanol–water partition coefficient (Wildman–Crippen LogP) is 3.40. The number of benzene rings is 1. The molecule has 0 spiro atoms. The first kappa shape index (κ1) is 8.12. The van der Waals surface area contributed by atoms with E-state index in [9.17, 15) is 0 Å². The lowest BCUT2D eigenvalue weighted by molar-refractivity contribution is 0.0547. The minimum absolute atomic E-state index is 0.390. The zero-order valence-electron chi connectivity index (χ0n) is 8.60. The van der Waals surface area contributed by atoms with E-state index < -0.39 is 0 Å². The molecule has 2 bridgehead atoms. The van der Waals surface area contributed by atoms with Crippen LogP contribution >= 0.6 is 0 Å². The van der Waals surface area contributed by atoms with E-state index in [1.807, 2.05) is 0 Å². The van der Waals surface area contributed by atoms with Gasteiger partial charge in [-0.05, 0) is 35.8 Å². The first-order chi connectivity index (χ1) is 7.45. The Bertz CT molecular complexity index is 396. The first-order valence-electron chi connectivity index (χ1n) is 5.84. The molecule has 0 saturated carbocycles. The van der Waals surface area contributed by atoms with Gasteiger partial charge >= 0.3 is 0 Å². The molecule has 0 radical (unpaired) electrons. The first-order valence-corrected chi connectivity index (χ1v) is 5.84. The van der Waals surface area contributed by atoms with Crippen LogP contribution in [0.2, 0.25) is 0 Å². The summed E-state index contributed by atoms with van der Waals surface area (Å²) in [4.78, 5) is 0. The van der Waals surface area contributed by atoms with Gasteiger partial charge in [0.1, 0.15) is 0 Å². The van der Waals surface area contributed by atoms with Gasteiger partial charge in [-0.2, -0.15) is 0 Å². The van der Waals surface area contributed by atoms with Gasteiger partial charge in [-0.1, -0.05) is 36.4 Å². The van der Waals surface area contributed by atoms with Gasteiger partial charge in [0.05, 0.1) is 12.2 Å². The van der Waals surface area contributed by atoms with Gasteiger partial charge in [0.15, 0.2) is 0 Å². The van der Waals surface area contributed by atoms with Gasteiger partial charge in [0.2, 0.25) is 0 Å². The molecule has 1 aromatic carbocycles. The van der Waals surface area contributed by atoms with E-state index in [1.165, 1.54) is 24.0 Å². The Kier molecular flexibility index (Phi) is 1.48. The lowest BCUT2D eigenvalue weighted by atomic mass is 9.71. The van der Waals surface area contributed by atoms with Crippen molar-refractivity contribution in [1.29, 1.82) is 0 Å². The summed E-state index contributed by atoms with van der Waals surface area (Å²) in [5.41, 5.74) is 2.91. The highest BCUT2D eigenvalue weighted by Crippen LogP contribution is 2.60. The molecule has 4 rings (SSSR count). The second kappa shape index (κ2) is 2.73. The van der Waals surface area contributed by atoms with Crippen molar-refractivity contribution in [2.24, 2.45) is 11.8 Å². The quantitative estimate of drug-likeness (QED) is 0.580. The summed E-state index contributed by atoms with van der Waals surface area (Å²) in [5.74, 6) is 1.49. The number of allylic oxidation sites excluding steroid dienone is 2. The molecule has 4 atom stereocenters. The van der Waals surface area contributed by atoms with Gasteiger partial charge in [0.25, 0.3) is 0 Å². The standard InChI is InChI=1S/C14H14O/c1-2-6-10-9(5-1)13-11-7-3-4-8-12(11)14(10)15-13/h1-6,11-14H,7-8H2. The average molecular weight is 198 g/mol. The van der Waals surface area contributed by atoms with E-state index in [4.69, 9.17) is 4.74 Å². The zero-order chi connectivity index (χ0) is 9.83. The largest absolute Gasteiger partial charge is 0.365 e. The van der Waals surface area contributed by atoms with Gasteiger partial charge in [-0.15, -0.1) is 0 Å². The van der Waals surface area contributed by atoms with Crippen molar-refractivity contribution in [2.45, 2.75) is 25.0 Å². The molecular weight excluding hydrogens is 184 g/mol. The molecule has 2 aliphatic heterocycles. The van der Waals surface area contributed by atoms with Crippen molar-refractivity contribution < 1.29 is 4.74 Å². The van der Waals surface area contributed by atoms with E-state index in [0.717, 1.165) is 11.8 Å². The van der Waals surface area contributed by atoms with E-state index >= 15 is 0 Å². The summed E-state index contributed by atoms with van der Waals surface area (Å²) < 4.78 is 6.15. The average Bonchev–Trinajstić information content (AvgIpc) is 2.86. The van der Waals surface area contributed by atoms with Gasteiger partial charge in [-0.25, -0.2) is 0 Å². The molecule has 3 aliphatic rings. The maximum absolute atomic E-state index is 6.15.